The number of nitrogens with zero attached hydrogens (tertiary/aromatic N) is 1. The predicted octanol–water partition coefficient (Wildman–Crippen LogP) is 1.01. The van der Waals surface area contributed by atoms with Gasteiger partial charge in [0.1, 0.15) is 0 Å². The molecule has 0 saturated carbocycles. The Morgan fingerprint density at radius 2 is 1.86 bits per heavy atom. The highest BCUT2D eigenvalue weighted by molar-refractivity contribution is 6.00. The first-order valence-electron chi connectivity index (χ1n) is 7.63. The molecule has 1 aromatic carbocycles. The van der Waals surface area contributed by atoms with Gasteiger partial charge in [0.2, 0.25) is 11.8 Å². The van der Waals surface area contributed by atoms with Crippen LogP contribution in [-0.4, -0.2) is 38.0 Å². The van der Waals surface area contributed by atoms with Crippen molar-refractivity contribution in [3.8, 4) is 0 Å². The van der Waals surface area contributed by atoms with Gasteiger partial charge in [-0.1, -0.05) is 12.1 Å². The Kier molecular flexibility index (Phi) is 4.20. The summed E-state index contributed by atoms with van der Waals surface area (Å²) in [6, 6.07) is 8.22. The average molecular weight is 287 g/mol. The van der Waals surface area contributed by atoms with Crippen LogP contribution in [0.25, 0.3) is 0 Å². The van der Waals surface area contributed by atoms with Crippen LogP contribution in [0.2, 0.25) is 0 Å². The molecule has 0 aliphatic carbocycles. The lowest BCUT2D eigenvalue weighted by Crippen LogP contribution is -2.39. The van der Waals surface area contributed by atoms with Crippen LogP contribution in [-0.2, 0) is 9.59 Å². The zero-order valence-electron chi connectivity index (χ0n) is 12.1. The summed E-state index contributed by atoms with van der Waals surface area (Å²) in [5.74, 6) is -0.523. The van der Waals surface area contributed by atoms with E-state index in [0.717, 1.165) is 38.2 Å². The molecule has 5 nitrogen and oxygen atoms in total. The number of hydrogen-bond donors (Lipinski definition) is 2. The lowest BCUT2D eigenvalue weighted by Gasteiger charge is -2.24. The van der Waals surface area contributed by atoms with Crippen molar-refractivity contribution in [2.24, 2.45) is 0 Å². The van der Waals surface area contributed by atoms with Gasteiger partial charge in [-0.2, -0.15) is 0 Å². The van der Waals surface area contributed by atoms with Gasteiger partial charge >= 0.3 is 0 Å². The second-order valence-electron chi connectivity index (χ2n) is 5.69. The summed E-state index contributed by atoms with van der Waals surface area (Å²) >= 11 is 0. The molecule has 3 rings (SSSR count). The van der Waals surface area contributed by atoms with Crippen molar-refractivity contribution in [3.63, 3.8) is 0 Å². The minimum Gasteiger partial charge on any atom is -0.370 e. The van der Waals surface area contributed by atoms with Crippen molar-refractivity contribution in [3.05, 3.63) is 29.8 Å². The van der Waals surface area contributed by atoms with E-state index in [1.807, 2.05) is 12.1 Å². The molecular weight excluding hydrogens is 266 g/mol. The van der Waals surface area contributed by atoms with E-state index in [1.165, 1.54) is 5.69 Å². The maximum absolute atomic E-state index is 11.9. The van der Waals surface area contributed by atoms with Crippen molar-refractivity contribution in [2.45, 2.75) is 25.2 Å². The zero-order valence-corrected chi connectivity index (χ0v) is 12.1. The molecule has 2 heterocycles. The number of carbonyl (C=O) groups is 2. The molecule has 2 amide bonds. The van der Waals surface area contributed by atoms with E-state index < -0.39 is 0 Å². The molecule has 2 fully saturated rings. The number of benzene rings is 1. The second-order valence-corrected chi connectivity index (χ2v) is 5.69. The smallest absolute Gasteiger partial charge is 0.234 e. The van der Waals surface area contributed by atoms with E-state index in [2.05, 4.69) is 27.7 Å². The molecule has 2 saturated heterocycles. The molecule has 2 aliphatic heterocycles. The fourth-order valence-electron chi connectivity index (χ4n) is 3.03. The third kappa shape index (κ3) is 3.24. The van der Waals surface area contributed by atoms with Crippen LogP contribution in [0.3, 0.4) is 0 Å². The molecule has 0 bridgehead atoms. The molecule has 2 N–H and O–H groups in total. The fraction of sp³-hybridized carbons (Fsp3) is 0.500. The Labute approximate surface area is 124 Å². The first-order valence-corrected chi connectivity index (χ1v) is 7.63. The average Bonchev–Trinajstić information content (AvgIpc) is 2.77. The van der Waals surface area contributed by atoms with Gasteiger partial charge < -0.3 is 10.2 Å². The molecule has 112 valence electrons. The van der Waals surface area contributed by atoms with Gasteiger partial charge in [0.05, 0.1) is 5.92 Å². The summed E-state index contributed by atoms with van der Waals surface area (Å²) in [7, 11) is 0. The number of imide groups is 1. The number of anilines is 1. The maximum atomic E-state index is 11.9. The van der Waals surface area contributed by atoms with E-state index in [4.69, 9.17) is 0 Å². The molecule has 5 heteroatoms. The van der Waals surface area contributed by atoms with Gasteiger partial charge in [0.15, 0.2) is 0 Å². The van der Waals surface area contributed by atoms with E-state index in [9.17, 15) is 9.59 Å². The quantitative estimate of drug-likeness (QED) is 0.797. The zero-order chi connectivity index (χ0) is 14.7. The van der Waals surface area contributed by atoms with Gasteiger partial charge in [0, 0.05) is 31.7 Å². The third-order valence-electron chi connectivity index (χ3n) is 4.24. The molecule has 0 aromatic heterocycles. The van der Waals surface area contributed by atoms with Crippen molar-refractivity contribution in [1.82, 2.24) is 10.6 Å². The summed E-state index contributed by atoms with van der Waals surface area (Å²) in [5.41, 5.74) is 2.20. The summed E-state index contributed by atoms with van der Waals surface area (Å²) in [6.45, 7) is 4.16. The van der Waals surface area contributed by atoms with Crippen LogP contribution in [0.5, 0.6) is 0 Å². The SMILES string of the molecule is O=C1CCC(c2ccc(N3CCCNCC3)cc2)C(=O)N1. The topological polar surface area (TPSA) is 61.4 Å². The summed E-state index contributed by atoms with van der Waals surface area (Å²) < 4.78 is 0. The normalized spacial score (nSPS) is 23.6. The first kappa shape index (κ1) is 14.1. The number of nitrogens with one attached hydrogen (secondary N) is 2. The number of amides is 2. The highest BCUT2D eigenvalue weighted by Crippen LogP contribution is 2.26. The summed E-state index contributed by atoms with van der Waals surface area (Å²) in [5, 5.41) is 5.81. The molecule has 1 atom stereocenters. The summed E-state index contributed by atoms with van der Waals surface area (Å²) in [4.78, 5) is 25.5. The highest BCUT2D eigenvalue weighted by atomic mass is 16.2. The molecule has 2 aliphatic rings. The Bertz CT molecular complexity index is 519. The van der Waals surface area contributed by atoms with Gasteiger partial charge in [-0.25, -0.2) is 0 Å². The predicted molar refractivity (Wildman–Crippen MR) is 81.3 cm³/mol. The molecule has 0 spiro atoms. The number of carbonyl (C=O) groups excluding carboxylic acids is 2. The van der Waals surface area contributed by atoms with E-state index in [0.29, 0.717) is 12.8 Å². The highest BCUT2D eigenvalue weighted by Gasteiger charge is 2.27. The minimum atomic E-state index is -0.192. The largest absolute Gasteiger partial charge is 0.370 e. The first-order chi connectivity index (χ1) is 10.2. The monoisotopic (exact) mass is 287 g/mol. The van der Waals surface area contributed by atoms with Crippen LogP contribution in [0.4, 0.5) is 5.69 Å². The van der Waals surface area contributed by atoms with Crippen LogP contribution in [0.1, 0.15) is 30.7 Å². The molecular formula is C16H21N3O2. The molecule has 1 aromatic rings. The Balaban J connectivity index is 1.71. The maximum Gasteiger partial charge on any atom is 0.234 e. The minimum absolute atomic E-state index is 0.162. The van der Waals surface area contributed by atoms with E-state index in [1.54, 1.807) is 0 Å². The van der Waals surface area contributed by atoms with Gasteiger partial charge in [-0.3, -0.25) is 14.9 Å². The van der Waals surface area contributed by atoms with Gasteiger partial charge in [-0.05, 0) is 37.1 Å². The van der Waals surface area contributed by atoms with Crippen molar-refractivity contribution < 1.29 is 9.59 Å². The second kappa shape index (κ2) is 6.26. The molecule has 1 unspecified atom stereocenters. The van der Waals surface area contributed by atoms with Gasteiger partial charge in [0.25, 0.3) is 0 Å². The van der Waals surface area contributed by atoms with Crippen LogP contribution >= 0.6 is 0 Å². The van der Waals surface area contributed by atoms with Crippen molar-refractivity contribution in [2.75, 3.05) is 31.1 Å². The number of rotatable bonds is 2. The van der Waals surface area contributed by atoms with E-state index >= 15 is 0 Å². The lowest BCUT2D eigenvalue weighted by molar-refractivity contribution is -0.134. The van der Waals surface area contributed by atoms with Crippen LogP contribution in [0.15, 0.2) is 24.3 Å². The van der Waals surface area contributed by atoms with Crippen LogP contribution in [0, 0.1) is 0 Å². The van der Waals surface area contributed by atoms with Crippen molar-refractivity contribution >= 4 is 17.5 Å². The lowest BCUT2D eigenvalue weighted by atomic mass is 9.90. The fourth-order valence-corrected chi connectivity index (χ4v) is 3.03. The van der Waals surface area contributed by atoms with Crippen molar-refractivity contribution in [1.29, 1.82) is 0 Å². The Morgan fingerprint density at radius 1 is 1.05 bits per heavy atom. The Hall–Kier alpha value is -1.88. The molecule has 0 radical (unpaired) electrons. The van der Waals surface area contributed by atoms with Gasteiger partial charge in [-0.15, -0.1) is 0 Å². The standard InChI is InChI=1S/C16H21N3O2/c20-15-7-6-14(16(21)18-15)12-2-4-13(5-3-12)19-10-1-8-17-9-11-19/h2-5,14,17H,1,6-11H2,(H,18,20,21). The van der Waals surface area contributed by atoms with Crippen LogP contribution < -0.4 is 15.5 Å². The number of piperidine rings is 1. The van der Waals surface area contributed by atoms with E-state index in [-0.39, 0.29) is 17.7 Å². The third-order valence-corrected chi connectivity index (χ3v) is 4.24. The Morgan fingerprint density at radius 3 is 2.62 bits per heavy atom. The molecule has 21 heavy (non-hydrogen) atoms. The summed E-state index contributed by atoms with van der Waals surface area (Å²) in [6.07, 6.45) is 2.18. The number of hydrogen-bond acceptors (Lipinski definition) is 4.